The van der Waals surface area contributed by atoms with Crippen LogP contribution in [-0.4, -0.2) is 47.3 Å². The van der Waals surface area contributed by atoms with Gasteiger partial charge in [0.15, 0.2) is 5.82 Å². The van der Waals surface area contributed by atoms with Crippen molar-refractivity contribution in [2.45, 2.75) is 32.2 Å². The molecule has 0 spiro atoms. The van der Waals surface area contributed by atoms with Crippen molar-refractivity contribution in [1.29, 1.82) is 0 Å². The molecule has 4 heterocycles. The van der Waals surface area contributed by atoms with Crippen LogP contribution < -0.4 is 5.32 Å². The summed E-state index contributed by atoms with van der Waals surface area (Å²) in [6, 6.07) is 0.672. The second kappa shape index (κ2) is 4.74. The molecule has 4 rings (SSSR count). The Hall–Kier alpha value is -0.940. The molecule has 0 saturated carbocycles. The Bertz CT molecular complexity index is 370. The predicted octanol–water partition coefficient (Wildman–Crippen LogP) is 0.604. The van der Waals surface area contributed by atoms with Gasteiger partial charge in [-0.05, 0) is 31.8 Å². The lowest BCUT2D eigenvalue weighted by Crippen LogP contribution is -2.56. The summed E-state index contributed by atoms with van der Waals surface area (Å²) in [6.07, 6.45) is 3.58. The Balaban J connectivity index is 1.45. The summed E-state index contributed by atoms with van der Waals surface area (Å²) in [5.74, 6) is 2.35. The first-order valence-electron chi connectivity index (χ1n) is 6.56. The van der Waals surface area contributed by atoms with Crippen LogP contribution in [-0.2, 0) is 6.42 Å². The van der Waals surface area contributed by atoms with Gasteiger partial charge in [0, 0.05) is 32.5 Å². The van der Waals surface area contributed by atoms with Crippen molar-refractivity contribution in [1.82, 2.24) is 20.4 Å². The zero-order chi connectivity index (χ0) is 11.7. The van der Waals surface area contributed by atoms with Crippen molar-refractivity contribution in [3.63, 3.8) is 0 Å². The molecule has 0 aliphatic carbocycles. The monoisotopic (exact) mass is 236 g/mol. The Morgan fingerprint density at radius 3 is 2.82 bits per heavy atom. The van der Waals surface area contributed by atoms with E-state index >= 15 is 0 Å². The van der Waals surface area contributed by atoms with Gasteiger partial charge in [-0.3, -0.25) is 0 Å². The van der Waals surface area contributed by atoms with Gasteiger partial charge in [-0.15, -0.1) is 0 Å². The number of nitrogens with one attached hydrogen (secondary N) is 1. The highest BCUT2D eigenvalue weighted by molar-refractivity contribution is 4.92. The molecule has 1 aromatic rings. The number of piperidine rings is 3. The van der Waals surface area contributed by atoms with Gasteiger partial charge in [-0.25, -0.2) is 0 Å². The number of hydrogen-bond donors (Lipinski definition) is 1. The molecule has 3 fully saturated rings. The summed E-state index contributed by atoms with van der Waals surface area (Å²) in [7, 11) is 0. The van der Waals surface area contributed by atoms with Crippen LogP contribution >= 0.6 is 0 Å². The first-order chi connectivity index (χ1) is 8.31. The largest absolute Gasteiger partial charge is 0.340 e. The van der Waals surface area contributed by atoms with Crippen molar-refractivity contribution in [2.24, 2.45) is 5.92 Å². The van der Waals surface area contributed by atoms with Crippen LogP contribution in [0.5, 0.6) is 0 Å². The van der Waals surface area contributed by atoms with Gasteiger partial charge in [-0.1, -0.05) is 5.16 Å². The van der Waals surface area contributed by atoms with Crippen LogP contribution in [0.4, 0.5) is 0 Å². The highest BCUT2D eigenvalue weighted by atomic mass is 16.5. The van der Waals surface area contributed by atoms with Crippen LogP contribution in [0, 0.1) is 12.8 Å². The van der Waals surface area contributed by atoms with Gasteiger partial charge in [-0.2, -0.15) is 4.98 Å². The molecule has 3 aliphatic rings. The van der Waals surface area contributed by atoms with E-state index in [1.165, 1.54) is 32.5 Å². The second-order valence-corrected chi connectivity index (χ2v) is 5.18. The molecule has 5 heteroatoms. The van der Waals surface area contributed by atoms with Crippen LogP contribution in [0.25, 0.3) is 0 Å². The molecular weight excluding hydrogens is 216 g/mol. The molecule has 0 aromatic carbocycles. The van der Waals surface area contributed by atoms with Crippen molar-refractivity contribution in [3.8, 4) is 0 Å². The lowest BCUT2D eigenvalue weighted by Gasteiger charge is -2.45. The Morgan fingerprint density at radius 1 is 1.41 bits per heavy atom. The molecule has 0 amide bonds. The number of fused-ring (bicyclic) bond motifs is 3. The third-order valence-electron chi connectivity index (χ3n) is 3.98. The maximum atomic E-state index is 4.96. The summed E-state index contributed by atoms with van der Waals surface area (Å²) in [5, 5.41) is 7.56. The number of aromatic nitrogens is 2. The number of aryl methyl sites for hydroxylation is 1. The molecule has 3 aliphatic heterocycles. The molecule has 2 bridgehead atoms. The topological polar surface area (TPSA) is 54.2 Å². The average molecular weight is 236 g/mol. The van der Waals surface area contributed by atoms with E-state index in [1.54, 1.807) is 0 Å². The maximum Gasteiger partial charge on any atom is 0.223 e. The Morgan fingerprint density at radius 2 is 2.24 bits per heavy atom. The van der Waals surface area contributed by atoms with E-state index in [-0.39, 0.29) is 0 Å². The van der Waals surface area contributed by atoms with Crippen LogP contribution in [0.1, 0.15) is 24.6 Å². The third kappa shape index (κ3) is 2.50. The van der Waals surface area contributed by atoms with Crippen LogP contribution in [0.2, 0.25) is 0 Å². The molecular formula is C12H20N4O. The molecule has 1 N–H and O–H groups in total. The van der Waals surface area contributed by atoms with E-state index in [4.69, 9.17) is 4.52 Å². The van der Waals surface area contributed by atoms with E-state index < -0.39 is 0 Å². The minimum absolute atomic E-state index is 0.655. The predicted molar refractivity (Wildman–Crippen MR) is 63.7 cm³/mol. The molecule has 1 unspecified atom stereocenters. The standard InChI is InChI=1S/C12H20N4O/c1-9-14-12(15-17-9)2-5-13-11-8-16-6-3-10(11)4-7-16/h10-11,13H,2-8H2,1H3. The zero-order valence-electron chi connectivity index (χ0n) is 10.4. The zero-order valence-corrected chi connectivity index (χ0v) is 10.4. The lowest BCUT2D eigenvalue weighted by atomic mass is 9.84. The molecule has 1 atom stereocenters. The summed E-state index contributed by atoms with van der Waals surface area (Å²) >= 11 is 0. The number of nitrogens with zero attached hydrogens (tertiary/aromatic N) is 3. The number of rotatable bonds is 4. The molecule has 0 radical (unpaired) electrons. The van der Waals surface area contributed by atoms with Crippen molar-refractivity contribution >= 4 is 0 Å². The average Bonchev–Trinajstić information content (AvgIpc) is 2.77. The third-order valence-corrected chi connectivity index (χ3v) is 3.98. The quantitative estimate of drug-likeness (QED) is 0.830. The van der Waals surface area contributed by atoms with Gasteiger partial charge < -0.3 is 14.7 Å². The normalized spacial score (nSPS) is 31.9. The second-order valence-electron chi connectivity index (χ2n) is 5.18. The van der Waals surface area contributed by atoms with Gasteiger partial charge in [0.1, 0.15) is 0 Å². The highest BCUT2D eigenvalue weighted by Gasteiger charge is 2.33. The van der Waals surface area contributed by atoms with Crippen molar-refractivity contribution in [2.75, 3.05) is 26.2 Å². The summed E-state index contributed by atoms with van der Waals surface area (Å²) < 4.78 is 4.96. The van der Waals surface area contributed by atoms with Crippen LogP contribution in [0.15, 0.2) is 4.52 Å². The first-order valence-corrected chi connectivity index (χ1v) is 6.56. The first kappa shape index (κ1) is 11.2. The van der Waals surface area contributed by atoms with E-state index in [2.05, 4.69) is 20.4 Å². The minimum atomic E-state index is 0.655. The minimum Gasteiger partial charge on any atom is -0.340 e. The molecule has 94 valence electrons. The van der Waals surface area contributed by atoms with Gasteiger partial charge in [0.2, 0.25) is 5.89 Å². The van der Waals surface area contributed by atoms with Crippen molar-refractivity contribution < 1.29 is 4.52 Å². The molecule has 5 nitrogen and oxygen atoms in total. The maximum absolute atomic E-state index is 4.96. The van der Waals surface area contributed by atoms with Crippen molar-refractivity contribution in [3.05, 3.63) is 11.7 Å². The van der Waals surface area contributed by atoms with E-state index in [0.29, 0.717) is 11.9 Å². The SMILES string of the molecule is Cc1nc(CCNC2CN3CCC2CC3)no1. The van der Waals surface area contributed by atoms with E-state index in [1.807, 2.05) is 6.92 Å². The fraction of sp³-hybridized carbons (Fsp3) is 0.833. The summed E-state index contributed by atoms with van der Waals surface area (Å²) in [4.78, 5) is 6.78. The summed E-state index contributed by atoms with van der Waals surface area (Å²) in [5.41, 5.74) is 0. The van der Waals surface area contributed by atoms with E-state index in [0.717, 1.165) is 24.7 Å². The Kier molecular flexibility index (Phi) is 3.11. The fourth-order valence-corrected chi connectivity index (χ4v) is 3.01. The van der Waals surface area contributed by atoms with Crippen LogP contribution in [0.3, 0.4) is 0 Å². The highest BCUT2D eigenvalue weighted by Crippen LogP contribution is 2.27. The number of hydrogen-bond acceptors (Lipinski definition) is 5. The molecule has 17 heavy (non-hydrogen) atoms. The van der Waals surface area contributed by atoms with Gasteiger partial charge in [0.25, 0.3) is 0 Å². The molecule has 1 aromatic heterocycles. The van der Waals surface area contributed by atoms with Gasteiger partial charge in [0.05, 0.1) is 0 Å². The van der Waals surface area contributed by atoms with E-state index in [9.17, 15) is 0 Å². The summed E-state index contributed by atoms with van der Waals surface area (Å²) in [6.45, 7) is 6.60. The lowest BCUT2D eigenvalue weighted by molar-refractivity contribution is 0.0730. The molecule has 3 saturated heterocycles. The fourth-order valence-electron chi connectivity index (χ4n) is 3.01. The van der Waals surface area contributed by atoms with Gasteiger partial charge >= 0.3 is 0 Å². The smallest absolute Gasteiger partial charge is 0.223 e. The Labute approximate surface area is 102 Å².